The minimum absolute atomic E-state index is 0.00786. The lowest BCUT2D eigenvalue weighted by molar-refractivity contribution is -0.00737. The van der Waals surface area contributed by atoms with E-state index in [0.717, 1.165) is 31.5 Å². The van der Waals surface area contributed by atoms with Crippen LogP contribution in [0.3, 0.4) is 0 Å². The second-order valence-electron chi connectivity index (χ2n) is 5.27. The predicted octanol–water partition coefficient (Wildman–Crippen LogP) is 1.63. The Labute approximate surface area is 106 Å². The Morgan fingerprint density at radius 3 is 2.61 bits per heavy atom. The Morgan fingerprint density at radius 2 is 2.11 bits per heavy atom. The van der Waals surface area contributed by atoms with Crippen molar-refractivity contribution >= 4 is 5.97 Å². The molecule has 100 valence electrons. The number of furan rings is 1. The van der Waals surface area contributed by atoms with Crippen LogP contribution in [-0.2, 0) is 6.54 Å². The van der Waals surface area contributed by atoms with E-state index in [1.165, 1.54) is 0 Å². The molecule has 5 nitrogen and oxygen atoms in total. The van der Waals surface area contributed by atoms with Gasteiger partial charge in [0.05, 0.1) is 5.60 Å². The van der Waals surface area contributed by atoms with Gasteiger partial charge < -0.3 is 14.6 Å². The molecule has 1 saturated heterocycles. The van der Waals surface area contributed by atoms with Crippen LogP contribution in [0.4, 0.5) is 0 Å². The Hall–Kier alpha value is -1.33. The monoisotopic (exact) mass is 253 g/mol. The van der Waals surface area contributed by atoms with E-state index in [1.54, 1.807) is 13.0 Å². The van der Waals surface area contributed by atoms with Crippen molar-refractivity contribution in [3.05, 3.63) is 23.2 Å². The van der Waals surface area contributed by atoms with E-state index < -0.39 is 11.6 Å². The number of carbonyl (C=O) groups is 1. The molecule has 1 aromatic rings. The number of rotatable bonds is 3. The molecule has 1 fully saturated rings. The third-order valence-corrected chi connectivity index (χ3v) is 3.56. The highest BCUT2D eigenvalue weighted by Gasteiger charge is 2.27. The van der Waals surface area contributed by atoms with E-state index in [4.69, 9.17) is 9.52 Å². The lowest BCUT2D eigenvalue weighted by Gasteiger charge is -2.35. The zero-order valence-electron chi connectivity index (χ0n) is 10.8. The minimum Gasteiger partial charge on any atom is -0.475 e. The third kappa shape index (κ3) is 2.91. The van der Waals surface area contributed by atoms with Gasteiger partial charge in [-0.05, 0) is 32.8 Å². The molecular weight excluding hydrogens is 234 g/mol. The number of aliphatic hydroxyl groups is 1. The van der Waals surface area contributed by atoms with Crippen LogP contribution in [0, 0.1) is 6.92 Å². The first kappa shape index (κ1) is 13.1. The van der Waals surface area contributed by atoms with Gasteiger partial charge in [-0.25, -0.2) is 4.79 Å². The molecule has 1 aliphatic heterocycles. The topological polar surface area (TPSA) is 73.9 Å². The number of nitrogens with zero attached hydrogens (tertiary/aromatic N) is 1. The summed E-state index contributed by atoms with van der Waals surface area (Å²) in [7, 11) is 0. The van der Waals surface area contributed by atoms with Crippen LogP contribution in [-0.4, -0.2) is 39.8 Å². The average molecular weight is 253 g/mol. The Morgan fingerprint density at radius 1 is 1.50 bits per heavy atom. The second-order valence-corrected chi connectivity index (χ2v) is 5.27. The van der Waals surface area contributed by atoms with E-state index in [1.807, 2.05) is 6.92 Å². The molecule has 5 heteroatoms. The van der Waals surface area contributed by atoms with Crippen molar-refractivity contribution in [1.82, 2.24) is 4.90 Å². The molecular formula is C13H19NO4. The normalized spacial score (nSPS) is 19.9. The first-order chi connectivity index (χ1) is 8.37. The Bertz CT molecular complexity index is 440. The van der Waals surface area contributed by atoms with Gasteiger partial charge in [0.25, 0.3) is 0 Å². The van der Waals surface area contributed by atoms with Crippen LogP contribution < -0.4 is 0 Å². The zero-order valence-corrected chi connectivity index (χ0v) is 10.8. The zero-order chi connectivity index (χ0) is 13.3. The van der Waals surface area contributed by atoms with Crippen molar-refractivity contribution in [3.8, 4) is 0 Å². The van der Waals surface area contributed by atoms with Gasteiger partial charge in [-0.3, -0.25) is 4.90 Å². The summed E-state index contributed by atoms with van der Waals surface area (Å²) in [6.07, 6.45) is 1.49. The summed E-state index contributed by atoms with van der Waals surface area (Å²) < 4.78 is 5.18. The summed E-state index contributed by atoms with van der Waals surface area (Å²) >= 11 is 0. The van der Waals surface area contributed by atoms with Gasteiger partial charge in [0.1, 0.15) is 5.76 Å². The minimum atomic E-state index is -1.04. The van der Waals surface area contributed by atoms with Crippen LogP contribution in [0.25, 0.3) is 0 Å². The lowest BCUT2D eigenvalue weighted by Crippen LogP contribution is -2.41. The maximum absolute atomic E-state index is 10.8. The van der Waals surface area contributed by atoms with E-state index in [9.17, 15) is 9.90 Å². The van der Waals surface area contributed by atoms with Gasteiger partial charge in [-0.1, -0.05) is 0 Å². The Kier molecular flexibility index (Phi) is 3.45. The van der Waals surface area contributed by atoms with Crippen LogP contribution >= 0.6 is 0 Å². The maximum Gasteiger partial charge on any atom is 0.371 e. The largest absolute Gasteiger partial charge is 0.475 e. The number of carboxylic acid groups (broad SMARTS) is 1. The van der Waals surface area contributed by atoms with Gasteiger partial charge in [0.15, 0.2) is 0 Å². The fourth-order valence-corrected chi connectivity index (χ4v) is 2.22. The molecule has 1 aromatic heterocycles. The quantitative estimate of drug-likeness (QED) is 0.856. The molecule has 0 spiro atoms. The molecule has 0 unspecified atom stereocenters. The molecule has 2 rings (SSSR count). The number of likely N-dealkylation sites (tertiary alicyclic amines) is 1. The van der Waals surface area contributed by atoms with Crippen LogP contribution in [0.2, 0.25) is 0 Å². The summed E-state index contributed by atoms with van der Waals surface area (Å²) in [5.41, 5.74) is 0.350. The summed E-state index contributed by atoms with van der Waals surface area (Å²) in [6.45, 7) is 5.95. The number of aryl methyl sites for hydroxylation is 1. The molecule has 0 aromatic carbocycles. The molecule has 0 radical (unpaired) electrons. The van der Waals surface area contributed by atoms with Crippen LogP contribution in [0.5, 0.6) is 0 Å². The molecule has 0 bridgehead atoms. The molecule has 0 atom stereocenters. The number of carboxylic acids is 1. The molecule has 0 aliphatic carbocycles. The second kappa shape index (κ2) is 4.74. The summed E-state index contributed by atoms with van der Waals surface area (Å²) in [5.74, 6) is -0.387. The van der Waals surface area contributed by atoms with Crippen molar-refractivity contribution in [2.45, 2.75) is 38.8 Å². The van der Waals surface area contributed by atoms with Crippen LogP contribution in [0.1, 0.15) is 41.6 Å². The fraction of sp³-hybridized carbons (Fsp3) is 0.615. The standard InChI is InChI=1S/C13H19NO4/c1-9-10(7-11(18-9)12(15)16)8-14-5-3-13(2,17)4-6-14/h7,17H,3-6,8H2,1-2H3,(H,15,16). The molecule has 2 heterocycles. The van der Waals surface area contributed by atoms with Gasteiger partial charge in [-0.15, -0.1) is 0 Å². The number of hydrogen-bond donors (Lipinski definition) is 2. The summed E-state index contributed by atoms with van der Waals surface area (Å²) in [4.78, 5) is 13.0. The van der Waals surface area contributed by atoms with Crippen molar-refractivity contribution in [2.75, 3.05) is 13.1 Å². The van der Waals surface area contributed by atoms with Gasteiger partial charge in [0.2, 0.25) is 5.76 Å². The lowest BCUT2D eigenvalue weighted by atomic mass is 9.93. The predicted molar refractivity (Wildman–Crippen MR) is 65.5 cm³/mol. The van der Waals surface area contributed by atoms with Gasteiger partial charge in [-0.2, -0.15) is 0 Å². The average Bonchev–Trinajstić information content (AvgIpc) is 2.64. The van der Waals surface area contributed by atoms with Crippen LogP contribution in [0.15, 0.2) is 10.5 Å². The van der Waals surface area contributed by atoms with Gasteiger partial charge >= 0.3 is 5.97 Å². The first-order valence-corrected chi connectivity index (χ1v) is 6.15. The molecule has 2 N–H and O–H groups in total. The smallest absolute Gasteiger partial charge is 0.371 e. The summed E-state index contributed by atoms with van der Waals surface area (Å²) in [5, 5.41) is 18.7. The van der Waals surface area contributed by atoms with Crippen molar-refractivity contribution in [2.24, 2.45) is 0 Å². The number of aromatic carboxylic acids is 1. The third-order valence-electron chi connectivity index (χ3n) is 3.56. The van der Waals surface area contributed by atoms with Crippen molar-refractivity contribution in [3.63, 3.8) is 0 Å². The van der Waals surface area contributed by atoms with E-state index in [0.29, 0.717) is 12.3 Å². The SMILES string of the molecule is Cc1oc(C(=O)O)cc1CN1CCC(C)(O)CC1. The highest BCUT2D eigenvalue weighted by atomic mass is 16.4. The molecule has 1 aliphatic rings. The van der Waals surface area contributed by atoms with Gasteiger partial charge in [0, 0.05) is 25.2 Å². The molecule has 0 saturated carbocycles. The molecule has 0 amide bonds. The first-order valence-electron chi connectivity index (χ1n) is 6.15. The van der Waals surface area contributed by atoms with E-state index in [-0.39, 0.29) is 5.76 Å². The van der Waals surface area contributed by atoms with Crippen molar-refractivity contribution in [1.29, 1.82) is 0 Å². The number of piperidine rings is 1. The highest BCUT2D eigenvalue weighted by Crippen LogP contribution is 2.24. The maximum atomic E-state index is 10.8. The van der Waals surface area contributed by atoms with Crippen molar-refractivity contribution < 1.29 is 19.4 Å². The molecule has 18 heavy (non-hydrogen) atoms. The number of hydrogen-bond acceptors (Lipinski definition) is 4. The van der Waals surface area contributed by atoms with E-state index >= 15 is 0 Å². The summed E-state index contributed by atoms with van der Waals surface area (Å²) in [6, 6.07) is 1.59. The highest BCUT2D eigenvalue weighted by molar-refractivity contribution is 5.84. The van der Waals surface area contributed by atoms with E-state index in [2.05, 4.69) is 4.90 Å². The Balaban J connectivity index is 2.00. The fourth-order valence-electron chi connectivity index (χ4n) is 2.22.